The Hall–Kier alpha value is -4.62. The SMILES string of the molecule is Cc1ccc(NC(=O)CSc2ccc(NC(=O)/C(=C/c3cccc(C)c3)NC(=O)c3ccccc3)cc2)cc1. The normalized spacial score (nSPS) is 11.0. The maximum absolute atomic E-state index is 13.2. The van der Waals surface area contributed by atoms with Crippen molar-refractivity contribution in [3.63, 3.8) is 0 Å². The molecule has 0 unspecified atom stereocenters. The third kappa shape index (κ3) is 8.45. The summed E-state index contributed by atoms with van der Waals surface area (Å²) in [5.41, 5.74) is 4.87. The van der Waals surface area contributed by atoms with E-state index in [9.17, 15) is 14.4 Å². The number of anilines is 2. The van der Waals surface area contributed by atoms with Crippen molar-refractivity contribution in [2.45, 2.75) is 18.7 Å². The molecule has 0 aromatic heterocycles. The molecule has 4 aromatic rings. The summed E-state index contributed by atoms with van der Waals surface area (Å²) >= 11 is 1.40. The number of hydrogen-bond acceptors (Lipinski definition) is 4. The van der Waals surface area contributed by atoms with Crippen LogP contribution in [0, 0.1) is 13.8 Å². The van der Waals surface area contributed by atoms with Crippen molar-refractivity contribution >= 4 is 46.9 Å². The van der Waals surface area contributed by atoms with Crippen LogP contribution in [0.2, 0.25) is 0 Å². The summed E-state index contributed by atoms with van der Waals surface area (Å²) in [6.07, 6.45) is 1.65. The summed E-state index contributed by atoms with van der Waals surface area (Å²) in [5, 5.41) is 8.48. The van der Waals surface area contributed by atoms with Crippen LogP contribution in [0.4, 0.5) is 11.4 Å². The fourth-order valence-electron chi connectivity index (χ4n) is 3.68. The van der Waals surface area contributed by atoms with Gasteiger partial charge in [0, 0.05) is 21.8 Å². The van der Waals surface area contributed by atoms with Gasteiger partial charge in [-0.3, -0.25) is 14.4 Å². The molecule has 3 N–H and O–H groups in total. The van der Waals surface area contributed by atoms with Crippen molar-refractivity contribution < 1.29 is 14.4 Å². The van der Waals surface area contributed by atoms with Gasteiger partial charge >= 0.3 is 0 Å². The van der Waals surface area contributed by atoms with Crippen LogP contribution in [-0.4, -0.2) is 23.5 Å². The molecule has 39 heavy (non-hydrogen) atoms. The van der Waals surface area contributed by atoms with E-state index in [2.05, 4.69) is 16.0 Å². The van der Waals surface area contributed by atoms with Crippen LogP contribution in [-0.2, 0) is 9.59 Å². The summed E-state index contributed by atoms with van der Waals surface area (Å²) in [4.78, 5) is 39.2. The average Bonchev–Trinajstić information content (AvgIpc) is 2.94. The molecule has 0 spiro atoms. The molecule has 0 aliphatic carbocycles. The quantitative estimate of drug-likeness (QED) is 0.170. The topological polar surface area (TPSA) is 87.3 Å². The monoisotopic (exact) mass is 535 g/mol. The van der Waals surface area contributed by atoms with Gasteiger partial charge in [-0.05, 0) is 74.0 Å². The lowest BCUT2D eigenvalue weighted by Gasteiger charge is -2.12. The van der Waals surface area contributed by atoms with E-state index >= 15 is 0 Å². The number of nitrogens with one attached hydrogen (secondary N) is 3. The number of rotatable bonds is 9. The number of benzene rings is 4. The Morgan fingerprint density at radius 2 is 1.38 bits per heavy atom. The second-order valence-electron chi connectivity index (χ2n) is 8.97. The molecule has 0 saturated carbocycles. The van der Waals surface area contributed by atoms with E-state index in [1.165, 1.54) is 11.8 Å². The Morgan fingerprint density at radius 1 is 0.718 bits per heavy atom. The minimum atomic E-state index is -0.446. The molecular formula is C32H29N3O3S. The van der Waals surface area contributed by atoms with Crippen molar-refractivity contribution in [2.75, 3.05) is 16.4 Å². The fourth-order valence-corrected chi connectivity index (χ4v) is 4.38. The Kier molecular flexibility index (Phi) is 9.32. The van der Waals surface area contributed by atoms with Crippen LogP contribution in [0.5, 0.6) is 0 Å². The maximum Gasteiger partial charge on any atom is 0.272 e. The summed E-state index contributed by atoms with van der Waals surface area (Å²) in [5.74, 6) is -0.658. The zero-order valence-electron chi connectivity index (χ0n) is 21.7. The van der Waals surface area contributed by atoms with Gasteiger partial charge in [0.15, 0.2) is 0 Å². The zero-order valence-corrected chi connectivity index (χ0v) is 22.5. The van der Waals surface area contributed by atoms with Crippen molar-refractivity contribution in [1.29, 1.82) is 0 Å². The van der Waals surface area contributed by atoms with Crippen LogP contribution in [0.1, 0.15) is 27.0 Å². The van der Waals surface area contributed by atoms with E-state index in [1.807, 2.05) is 80.6 Å². The van der Waals surface area contributed by atoms with Crippen molar-refractivity contribution in [3.8, 4) is 0 Å². The van der Waals surface area contributed by atoms with Crippen LogP contribution in [0.3, 0.4) is 0 Å². The first-order valence-corrected chi connectivity index (χ1v) is 13.4. The van der Waals surface area contributed by atoms with Gasteiger partial charge in [-0.2, -0.15) is 0 Å². The molecule has 7 heteroatoms. The second kappa shape index (κ2) is 13.3. The molecule has 0 fully saturated rings. The lowest BCUT2D eigenvalue weighted by molar-refractivity contribution is -0.114. The van der Waals surface area contributed by atoms with Crippen molar-refractivity contribution in [3.05, 3.63) is 131 Å². The van der Waals surface area contributed by atoms with Gasteiger partial charge < -0.3 is 16.0 Å². The molecule has 4 aromatic carbocycles. The third-order valence-electron chi connectivity index (χ3n) is 5.70. The lowest BCUT2D eigenvalue weighted by Crippen LogP contribution is -2.30. The highest BCUT2D eigenvalue weighted by atomic mass is 32.2. The summed E-state index contributed by atoms with van der Waals surface area (Å²) in [7, 11) is 0. The fraction of sp³-hybridized carbons (Fsp3) is 0.0938. The molecule has 6 nitrogen and oxygen atoms in total. The second-order valence-corrected chi connectivity index (χ2v) is 10.0. The van der Waals surface area contributed by atoms with E-state index < -0.39 is 5.91 Å². The predicted octanol–water partition coefficient (Wildman–Crippen LogP) is 6.44. The van der Waals surface area contributed by atoms with Gasteiger partial charge in [0.25, 0.3) is 11.8 Å². The Morgan fingerprint density at radius 3 is 2.08 bits per heavy atom. The van der Waals surface area contributed by atoms with Gasteiger partial charge in [0.05, 0.1) is 5.75 Å². The number of amides is 3. The van der Waals surface area contributed by atoms with E-state index in [4.69, 9.17) is 0 Å². The Labute approximate surface area is 232 Å². The molecule has 4 rings (SSSR count). The molecule has 0 saturated heterocycles. The molecule has 0 heterocycles. The molecular weight excluding hydrogens is 506 g/mol. The van der Waals surface area contributed by atoms with Gasteiger partial charge in [-0.25, -0.2) is 0 Å². The van der Waals surface area contributed by atoms with Gasteiger partial charge in [-0.1, -0.05) is 65.7 Å². The molecule has 196 valence electrons. The van der Waals surface area contributed by atoms with Gasteiger partial charge in [0.1, 0.15) is 5.70 Å². The molecule has 0 atom stereocenters. The van der Waals surface area contributed by atoms with Crippen LogP contribution in [0.15, 0.2) is 114 Å². The first kappa shape index (κ1) is 27.4. The number of carbonyl (C=O) groups excluding carboxylic acids is 3. The standard InChI is InChI=1S/C32H29N3O3S/c1-22-11-13-26(14-12-22)33-30(36)21-39-28-17-15-27(16-18-28)34-32(38)29(20-24-8-6-7-23(2)19-24)35-31(37)25-9-4-3-5-10-25/h3-20H,21H2,1-2H3,(H,33,36)(H,34,38)(H,35,37)/b29-20-. The third-order valence-corrected chi connectivity index (χ3v) is 6.71. The van der Waals surface area contributed by atoms with Crippen LogP contribution < -0.4 is 16.0 Å². The first-order chi connectivity index (χ1) is 18.9. The number of hydrogen-bond donors (Lipinski definition) is 3. The highest BCUT2D eigenvalue weighted by molar-refractivity contribution is 8.00. The summed E-state index contributed by atoms with van der Waals surface area (Å²) in [6, 6.07) is 31.3. The van der Waals surface area contributed by atoms with E-state index in [0.717, 1.165) is 27.3 Å². The van der Waals surface area contributed by atoms with Crippen LogP contribution in [0.25, 0.3) is 6.08 Å². The zero-order chi connectivity index (χ0) is 27.6. The van der Waals surface area contributed by atoms with E-state index in [-0.39, 0.29) is 23.3 Å². The van der Waals surface area contributed by atoms with Gasteiger partial charge in [0.2, 0.25) is 5.91 Å². The molecule has 0 aliphatic rings. The number of thioether (sulfide) groups is 1. The first-order valence-electron chi connectivity index (χ1n) is 12.4. The Bertz CT molecular complexity index is 1480. The number of aryl methyl sites for hydroxylation is 2. The molecule has 0 radical (unpaired) electrons. The average molecular weight is 536 g/mol. The minimum Gasteiger partial charge on any atom is -0.325 e. The number of carbonyl (C=O) groups is 3. The highest BCUT2D eigenvalue weighted by Gasteiger charge is 2.15. The smallest absolute Gasteiger partial charge is 0.272 e. The van der Waals surface area contributed by atoms with E-state index in [0.29, 0.717) is 11.3 Å². The Balaban J connectivity index is 1.40. The van der Waals surface area contributed by atoms with E-state index in [1.54, 1.807) is 42.5 Å². The van der Waals surface area contributed by atoms with Crippen molar-refractivity contribution in [1.82, 2.24) is 5.32 Å². The molecule has 0 bridgehead atoms. The van der Waals surface area contributed by atoms with Crippen LogP contribution >= 0.6 is 11.8 Å². The summed E-state index contributed by atoms with van der Waals surface area (Å²) in [6.45, 7) is 3.96. The lowest BCUT2D eigenvalue weighted by atomic mass is 10.1. The predicted molar refractivity (Wildman–Crippen MR) is 159 cm³/mol. The highest BCUT2D eigenvalue weighted by Crippen LogP contribution is 2.21. The summed E-state index contributed by atoms with van der Waals surface area (Å²) < 4.78 is 0. The largest absolute Gasteiger partial charge is 0.325 e. The molecule has 3 amide bonds. The maximum atomic E-state index is 13.2. The molecule has 0 aliphatic heterocycles. The van der Waals surface area contributed by atoms with Crippen molar-refractivity contribution in [2.24, 2.45) is 0 Å². The van der Waals surface area contributed by atoms with Gasteiger partial charge in [-0.15, -0.1) is 11.8 Å². The minimum absolute atomic E-state index is 0.0960.